The first-order valence-corrected chi connectivity index (χ1v) is 8.32. The maximum atomic E-state index is 13.9. The normalized spacial score (nSPS) is 13.0. The van der Waals surface area contributed by atoms with E-state index in [1.54, 1.807) is 4.68 Å². The number of hydrogen-bond acceptors (Lipinski definition) is 2. The van der Waals surface area contributed by atoms with E-state index in [0.717, 1.165) is 24.1 Å². The number of halogens is 2. The number of benzene rings is 1. The van der Waals surface area contributed by atoms with Crippen LogP contribution in [-0.2, 0) is 13.6 Å². The summed E-state index contributed by atoms with van der Waals surface area (Å²) in [6.45, 7) is 5.68. The Morgan fingerprint density at radius 3 is 2.76 bits per heavy atom. The molecule has 1 unspecified atom stereocenters. The minimum atomic E-state index is -0.568. The van der Waals surface area contributed by atoms with Gasteiger partial charge in [-0.3, -0.25) is 9.67 Å². The highest BCUT2D eigenvalue weighted by molar-refractivity contribution is 5.79. The van der Waals surface area contributed by atoms with E-state index >= 15 is 0 Å². The van der Waals surface area contributed by atoms with Crippen molar-refractivity contribution >= 4 is 5.96 Å². The van der Waals surface area contributed by atoms with E-state index in [-0.39, 0.29) is 5.92 Å². The van der Waals surface area contributed by atoms with Gasteiger partial charge in [-0.25, -0.2) is 8.78 Å². The lowest BCUT2D eigenvalue weighted by atomic mass is 10.0. The number of aliphatic imine (C=N–C) groups is 1. The molecular weight excluding hydrogens is 324 g/mol. The van der Waals surface area contributed by atoms with Gasteiger partial charge in [0.25, 0.3) is 0 Å². The summed E-state index contributed by atoms with van der Waals surface area (Å²) in [5.41, 5.74) is 1.55. The summed E-state index contributed by atoms with van der Waals surface area (Å²) in [7, 11) is 3.82. The third-order valence-electron chi connectivity index (χ3n) is 3.88. The van der Waals surface area contributed by atoms with Crippen LogP contribution in [0.2, 0.25) is 0 Å². The number of nitrogens with zero attached hydrogens (tertiary/aromatic N) is 4. The van der Waals surface area contributed by atoms with Gasteiger partial charge in [-0.05, 0) is 18.6 Å². The molecule has 0 saturated carbocycles. The van der Waals surface area contributed by atoms with Crippen LogP contribution in [0.4, 0.5) is 8.78 Å². The van der Waals surface area contributed by atoms with Crippen LogP contribution in [0.5, 0.6) is 0 Å². The average Bonchev–Trinajstić information content (AvgIpc) is 2.96. The Morgan fingerprint density at radius 1 is 1.40 bits per heavy atom. The Bertz CT molecular complexity index is 726. The number of aryl methyl sites for hydroxylation is 1. The molecule has 136 valence electrons. The molecule has 0 saturated heterocycles. The van der Waals surface area contributed by atoms with Gasteiger partial charge in [0.1, 0.15) is 11.6 Å². The fourth-order valence-electron chi connectivity index (χ4n) is 2.59. The minimum absolute atomic E-state index is 0.152. The summed E-state index contributed by atoms with van der Waals surface area (Å²) in [5.74, 6) is -0.514. The van der Waals surface area contributed by atoms with Crippen molar-refractivity contribution in [3.63, 3.8) is 0 Å². The van der Waals surface area contributed by atoms with Crippen molar-refractivity contribution in [2.24, 2.45) is 12.0 Å². The molecule has 0 fully saturated rings. The lowest BCUT2D eigenvalue weighted by Crippen LogP contribution is -2.38. The fourth-order valence-corrected chi connectivity index (χ4v) is 2.59. The van der Waals surface area contributed by atoms with Crippen LogP contribution in [0.25, 0.3) is 0 Å². The highest BCUT2D eigenvalue weighted by Crippen LogP contribution is 2.20. The monoisotopic (exact) mass is 349 g/mol. The average molecular weight is 349 g/mol. The molecule has 1 aromatic carbocycles. The van der Waals surface area contributed by atoms with Crippen LogP contribution < -0.4 is 5.32 Å². The summed E-state index contributed by atoms with van der Waals surface area (Å²) in [5, 5.41) is 7.40. The molecule has 2 aromatic rings. The van der Waals surface area contributed by atoms with Gasteiger partial charge in [0, 0.05) is 57.5 Å². The molecule has 0 aliphatic heterocycles. The van der Waals surface area contributed by atoms with Gasteiger partial charge < -0.3 is 10.2 Å². The van der Waals surface area contributed by atoms with Crippen molar-refractivity contribution in [1.82, 2.24) is 20.0 Å². The Balaban J connectivity index is 2.07. The quantitative estimate of drug-likeness (QED) is 0.644. The Morgan fingerprint density at radius 2 is 2.16 bits per heavy atom. The minimum Gasteiger partial charge on any atom is -0.357 e. The molecule has 1 atom stereocenters. The molecule has 0 amide bonds. The molecule has 1 heterocycles. The van der Waals surface area contributed by atoms with Crippen molar-refractivity contribution in [1.29, 1.82) is 0 Å². The van der Waals surface area contributed by atoms with Crippen molar-refractivity contribution in [3.05, 3.63) is 53.4 Å². The molecule has 7 heteroatoms. The third-order valence-corrected chi connectivity index (χ3v) is 3.88. The maximum absolute atomic E-state index is 13.9. The molecular formula is C18H25F2N5. The molecule has 0 spiro atoms. The van der Waals surface area contributed by atoms with Crippen LogP contribution in [0.1, 0.15) is 30.9 Å². The molecule has 5 nitrogen and oxygen atoms in total. The lowest BCUT2D eigenvalue weighted by Gasteiger charge is -2.22. The topological polar surface area (TPSA) is 45.5 Å². The highest BCUT2D eigenvalue weighted by Gasteiger charge is 2.13. The molecule has 2 rings (SSSR count). The molecule has 0 radical (unpaired) electrons. The first-order valence-electron chi connectivity index (χ1n) is 8.32. The molecule has 1 N–H and O–H groups in total. The van der Waals surface area contributed by atoms with Crippen molar-refractivity contribution in [2.75, 3.05) is 20.1 Å². The fraction of sp³-hybridized carbons (Fsp3) is 0.444. The van der Waals surface area contributed by atoms with Crippen LogP contribution in [0.3, 0.4) is 0 Å². The zero-order chi connectivity index (χ0) is 18.4. The zero-order valence-corrected chi connectivity index (χ0v) is 15.1. The highest BCUT2D eigenvalue weighted by atomic mass is 19.1. The van der Waals surface area contributed by atoms with Gasteiger partial charge in [0.05, 0.1) is 6.20 Å². The molecule has 1 aromatic heterocycles. The van der Waals surface area contributed by atoms with Crippen LogP contribution in [0.15, 0.2) is 35.6 Å². The summed E-state index contributed by atoms with van der Waals surface area (Å²) in [6, 6.07) is 3.67. The molecule has 0 bridgehead atoms. The number of hydrogen-bond donors (Lipinski definition) is 1. The summed E-state index contributed by atoms with van der Waals surface area (Å²) < 4.78 is 28.7. The van der Waals surface area contributed by atoms with Crippen molar-refractivity contribution < 1.29 is 8.78 Å². The SMILES string of the molecule is CCNC(=NCC(C)c1ccc(F)cc1F)N(C)Cc1cnn(C)c1. The number of rotatable bonds is 6. The predicted molar refractivity (Wildman–Crippen MR) is 95.4 cm³/mol. The van der Waals surface area contributed by atoms with Crippen molar-refractivity contribution in [3.8, 4) is 0 Å². The number of aromatic nitrogens is 2. The second-order valence-corrected chi connectivity index (χ2v) is 6.14. The molecule has 0 aliphatic carbocycles. The van der Waals surface area contributed by atoms with Gasteiger partial charge in [0.15, 0.2) is 5.96 Å². The predicted octanol–water partition coefficient (Wildman–Crippen LogP) is 2.90. The standard InChI is InChI=1S/C18H25F2N5/c1-5-21-18(24(3)11-14-10-23-25(4)12-14)22-9-13(2)16-7-6-15(19)8-17(16)20/h6-8,10,12-13H,5,9,11H2,1-4H3,(H,21,22). The number of nitrogens with one attached hydrogen (secondary N) is 1. The van der Waals surface area contributed by atoms with Gasteiger partial charge in [-0.15, -0.1) is 0 Å². The molecule has 0 aliphatic rings. The second-order valence-electron chi connectivity index (χ2n) is 6.14. The zero-order valence-electron chi connectivity index (χ0n) is 15.1. The Kier molecular flexibility index (Phi) is 6.50. The third kappa shape index (κ3) is 5.27. The Labute approximate surface area is 147 Å². The first-order chi connectivity index (χ1) is 11.9. The van der Waals surface area contributed by atoms with Crippen LogP contribution in [0, 0.1) is 11.6 Å². The largest absolute Gasteiger partial charge is 0.357 e. The van der Waals surface area contributed by atoms with Gasteiger partial charge in [-0.2, -0.15) is 5.10 Å². The molecule has 25 heavy (non-hydrogen) atoms. The summed E-state index contributed by atoms with van der Waals surface area (Å²) in [6.07, 6.45) is 3.77. The Hall–Kier alpha value is -2.44. The van der Waals surface area contributed by atoms with E-state index in [2.05, 4.69) is 15.4 Å². The smallest absolute Gasteiger partial charge is 0.193 e. The maximum Gasteiger partial charge on any atom is 0.193 e. The van der Waals surface area contributed by atoms with Crippen molar-refractivity contribution in [2.45, 2.75) is 26.3 Å². The summed E-state index contributed by atoms with van der Waals surface area (Å²) in [4.78, 5) is 6.59. The van der Waals surface area contributed by atoms with Gasteiger partial charge in [0.2, 0.25) is 0 Å². The lowest BCUT2D eigenvalue weighted by molar-refractivity contribution is 0.475. The second kappa shape index (κ2) is 8.60. The van der Waals surface area contributed by atoms with E-state index in [0.29, 0.717) is 18.7 Å². The number of guanidine groups is 1. The van der Waals surface area contributed by atoms with Crippen LogP contribution >= 0.6 is 0 Å². The van der Waals surface area contributed by atoms with E-state index < -0.39 is 11.6 Å². The van der Waals surface area contributed by atoms with Gasteiger partial charge >= 0.3 is 0 Å². The first kappa shape index (κ1) is 18.9. The van der Waals surface area contributed by atoms with Gasteiger partial charge in [-0.1, -0.05) is 13.0 Å². The summed E-state index contributed by atoms with van der Waals surface area (Å²) >= 11 is 0. The van der Waals surface area contributed by atoms with E-state index in [1.165, 1.54) is 12.1 Å². The van der Waals surface area contributed by atoms with Crippen LogP contribution in [-0.4, -0.2) is 40.8 Å². The van der Waals surface area contributed by atoms with E-state index in [1.807, 2.05) is 45.2 Å². The van der Waals surface area contributed by atoms with E-state index in [4.69, 9.17) is 0 Å². The van der Waals surface area contributed by atoms with E-state index in [9.17, 15) is 8.78 Å².